The van der Waals surface area contributed by atoms with Crippen molar-refractivity contribution in [2.45, 2.75) is 9.79 Å². The molecule has 0 bridgehead atoms. The van der Waals surface area contributed by atoms with Crippen LogP contribution in [-0.4, -0.2) is 15.0 Å². The predicted molar refractivity (Wildman–Crippen MR) is 113 cm³/mol. The van der Waals surface area contributed by atoms with E-state index in [1.807, 2.05) is 36.4 Å². The van der Waals surface area contributed by atoms with Gasteiger partial charge in [-0.05, 0) is 48.5 Å². The molecule has 0 radical (unpaired) electrons. The minimum absolute atomic E-state index is 0.141. The standard InChI is InChI=1S/C22H18FN3O2S/c1-25-18-12-17(24-21(27)14-8-10-15(23)11-9-14)20(13-19(18)26(2)22(25)28)29-16-6-4-3-5-7-16/h3-13H,1-2H3,(H,24,27). The summed E-state index contributed by atoms with van der Waals surface area (Å²) in [7, 11) is 3.42. The molecule has 29 heavy (non-hydrogen) atoms. The molecule has 0 unspecified atom stereocenters. The Morgan fingerprint density at radius 2 is 1.55 bits per heavy atom. The van der Waals surface area contributed by atoms with Crippen LogP contribution < -0.4 is 11.0 Å². The van der Waals surface area contributed by atoms with Crippen molar-refractivity contribution in [3.8, 4) is 0 Å². The number of aryl methyl sites for hydroxylation is 2. The van der Waals surface area contributed by atoms with E-state index >= 15 is 0 Å². The number of fused-ring (bicyclic) bond motifs is 1. The van der Waals surface area contributed by atoms with E-state index in [9.17, 15) is 14.0 Å². The van der Waals surface area contributed by atoms with Gasteiger partial charge in [-0.1, -0.05) is 30.0 Å². The molecule has 0 aliphatic carbocycles. The third kappa shape index (κ3) is 3.69. The van der Waals surface area contributed by atoms with Crippen LogP contribution in [0.1, 0.15) is 10.4 Å². The Morgan fingerprint density at radius 3 is 2.21 bits per heavy atom. The van der Waals surface area contributed by atoms with E-state index in [2.05, 4.69) is 5.32 Å². The molecule has 0 saturated carbocycles. The van der Waals surface area contributed by atoms with Crippen LogP contribution in [-0.2, 0) is 14.1 Å². The Labute approximate surface area is 170 Å². The fourth-order valence-corrected chi connectivity index (χ4v) is 4.06. The van der Waals surface area contributed by atoms with Crippen molar-refractivity contribution >= 4 is 34.4 Å². The number of benzene rings is 3. The Balaban J connectivity index is 1.80. The summed E-state index contributed by atoms with van der Waals surface area (Å²) >= 11 is 1.49. The first-order valence-corrected chi connectivity index (χ1v) is 9.75. The molecule has 7 heteroatoms. The Kier molecular flexibility index (Phi) is 4.98. The minimum Gasteiger partial charge on any atom is -0.321 e. The van der Waals surface area contributed by atoms with Gasteiger partial charge in [0.2, 0.25) is 0 Å². The summed E-state index contributed by atoms with van der Waals surface area (Å²) in [5, 5.41) is 2.91. The molecule has 0 aliphatic heterocycles. The normalized spacial score (nSPS) is 11.0. The number of hydrogen-bond acceptors (Lipinski definition) is 3. The molecule has 1 heterocycles. The summed E-state index contributed by atoms with van der Waals surface area (Å²) in [6.07, 6.45) is 0. The van der Waals surface area contributed by atoms with E-state index in [-0.39, 0.29) is 11.6 Å². The maximum Gasteiger partial charge on any atom is 0.328 e. The molecule has 0 saturated heterocycles. The number of halogens is 1. The van der Waals surface area contributed by atoms with Crippen molar-refractivity contribution in [1.29, 1.82) is 0 Å². The molecular weight excluding hydrogens is 389 g/mol. The van der Waals surface area contributed by atoms with Gasteiger partial charge < -0.3 is 5.32 Å². The highest BCUT2D eigenvalue weighted by Crippen LogP contribution is 2.36. The van der Waals surface area contributed by atoms with Crippen LogP contribution in [0.4, 0.5) is 10.1 Å². The number of carbonyl (C=O) groups is 1. The van der Waals surface area contributed by atoms with E-state index in [1.165, 1.54) is 36.0 Å². The zero-order valence-corrected chi connectivity index (χ0v) is 16.7. The van der Waals surface area contributed by atoms with Crippen molar-refractivity contribution in [1.82, 2.24) is 9.13 Å². The second-order valence-electron chi connectivity index (χ2n) is 6.61. The fraction of sp³-hybridized carbons (Fsp3) is 0.0909. The summed E-state index contributed by atoms with van der Waals surface area (Å²) < 4.78 is 16.3. The van der Waals surface area contributed by atoms with E-state index in [4.69, 9.17) is 0 Å². The number of rotatable bonds is 4. The lowest BCUT2D eigenvalue weighted by Crippen LogP contribution is -2.19. The lowest BCUT2D eigenvalue weighted by Gasteiger charge is -2.12. The SMILES string of the molecule is Cn1c(=O)n(C)c2cc(Sc3ccccc3)c(NC(=O)c3ccc(F)cc3)cc21. The van der Waals surface area contributed by atoms with E-state index in [1.54, 1.807) is 29.3 Å². The van der Waals surface area contributed by atoms with Gasteiger partial charge in [0.15, 0.2) is 0 Å². The summed E-state index contributed by atoms with van der Waals surface area (Å²) in [6, 6.07) is 18.8. The summed E-state index contributed by atoms with van der Waals surface area (Å²) in [4.78, 5) is 26.9. The van der Waals surface area contributed by atoms with Crippen LogP contribution in [0.3, 0.4) is 0 Å². The van der Waals surface area contributed by atoms with Crippen molar-refractivity contribution in [2.75, 3.05) is 5.32 Å². The third-order valence-electron chi connectivity index (χ3n) is 4.70. The van der Waals surface area contributed by atoms with E-state index in [0.717, 1.165) is 15.3 Å². The highest BCUT2D eigenvalue weighted by atomic mass is 32.2. The number of aromatic nitrogens is 2. The van der Waals surface area contributed by atoms with Gasteiger partial charge in [0.25, 0.3) is 5.91 Å². The average Bonchev–Trinajstić information content (AvgIpc) is 2.93. The van der Waals surface area contributed by atoms with Crippen LogP contribution >= 0.6 is 11.8 Å². The van der Waals surface area contributed by atoms with Gasteiger partial charge in [-0.2, -0.15) is 0 Å². The number of hydrogen-bond donors (Lipinski definition) is 1. The first-order valence-electron chi connectivity index (χ1n) is 8.93. The highest BCUT2D eigenvalue weighted by Gasteiger charge is 2.16. The average molecular weight is 407 g/mol. The van der Waals surface area contributed by atoms with Crippen molar-refractivity contribution < 1.29 is 9.18 Å². The molecule has 1 N–H and O–H groups in total. The molecule has 5 nitrogen and oxygen atoms in total. The van der Waals surface area contributed by atoms with E-state index < -0.39 is 5.82 Å². The van der Waals surface area contributed by atoms with Crippen LogP contribution in [0.15, 0.2) is 81.3 Å². The lowest BCUT2D eigenvalue weighted by atomic mass is 10.2. The minimum atomic E-state index is -0.400. The number of carbonyl (C=O) groups excluding carboxylic acids is 1. The molecule has 0 spiro atoms. The van der Waals surface area contributed by atoms with Crippen LogP contribution in [0, 0.1) is 5.82 Å². The molecule has 0 atom stereocenters. The van der Waals surface area contributed by atoms with Crippen molar-refractivity contribution in [3.05, 3.63) is 88.6 Å². The Morgan fingerprint density at radius 1 is 0.931 bits per heavy atom. The van der Waals surface area contributed by atoms with Crippen LogP contribution in [0.5, 0.6) is 0 Å². The predicted octanol–water partition coefficient (Wildman–Crippen LogP) is 4.42. The number of imidazole rings is 1. The van der Waals surface area contributed by atoms with Crippen LogP contribution in [0.25, 0.3) is 11.0 Å². The summed E-state index contributed by atoms with van der Waals surface area (Å²) in [5.74, 6) is -0.747. The molecule has 146 valence electrons. The number of nitrogens with one attached hydrogen (secondary N) is 1. The summed E-state index contributed by atoms with van der Waals surface area (Å²) in [6.45, 7) is 0. The number of anilines is 1. The van der Waals surface area contributed by atoms with Gasteiger partial charge in [0.1, 0.15) is 5.82 Å². The molecule has 1 amide bonds. The fourth-order valence-electron chi connectivity index (χ4n) is 3.12. The third-order valence-corrected chi connectivity index (χ3v) is 5.76. The molecule has 4 rings (SSSR count). The van der Waals surface area contributed by atoms with Gasteiger partial charge in [-0.3, -0.25) is 13.9 Å². The second kappa shape index (κ2) is 7.60. The van der Waals surface area contributed by atoms with Crippen molar-refractivity contribution in [3.63, 3.8) is 0 Å². The zero-order valence-electron chi connectivity index (χ0n) is 15.8. The molecule has 0 fully saturated rings. The second-order valence-corrected chi connectivity index (χ2v) is 7.73. The Hall–Kier alpha value is -3.32. The topological polar surface area (TPSA) is 56.0 Å². The van der Waals surface area contributed by atoms with Crippen LogP contribution in [0.2, 0.25) is 0 Å². The maximum absolute atomic E-state index is 13.2. The summed E-state index contributed by atoms with van der Waals surface area (Å²) in [5.41, 5.74) is 2.28. The highest BCUT2D eigenvalue weighted by molar-refractivity contribution is 7.99. The first-order chi connectivity index (χ1) is 13.9. The largest absolute Gasteiger partial charge is 0.328 e. The maximum atomic E-state index is 13.2. The number of nitrogens with zero attached hydrogens (tertiary/aromatic N) is 2. The molecule has 3 aromatic carbocycles. The van der Waals surface area contributed by atoms with E-state index in [0.29, 0.717) is 16.8 Å². The molecule has 1 aromatic heterocycles. The van der Waals surface area contributed by atoms with Gasteiger partial charge >= 0.3 is 5.69 Å². The smallest absolute Gasteiger partial charge is 0.321 e. The van der Waals surface area contributed by atoms with Gasteiger partial charge in [0, 0.05) is 29.4 Å². The first kappa shape index (κ1) is 19.0. The number of amides is 1. The van der Waals surface area contributed by atoms with Gasteiger partial charge in [0.05, 0.1) is 16.7 Å². The Bertz CT molecular complexity index is 1260. The zero-order chi connectivity index (χ0) is 20.5. The molecule has 4 aromatic rings. The monoisotopic (exact) mass is 407 g/mol. The van der Waals surface area contributed by atoms with Gasteiger partial charge in [-0.25, -0.2) is 9.18 Å². The van der Waals surface area contributed by atoms with Gasteiger partial charge in [-0.15, -0.1) is 0 Å². The van der Waals surface area contributed by atoms with Crippen molar-refractivity contribution in [2.24, 2.45) is 14.1 Å². The lowest BCUT2D eigenvalue weighted by molar-refractivity contribution is 0.102. The molecule has 0 aliphatic rings. The quantitative estimate of drug-likeness (QED) is 0.545. The molecular formula is C22H18FN3O2S.